The minimum Gasteiger partial charge on any atom is -0.603 e. The van der Waals surface area contributed by atoms with Crippen molar-refractivity contribution in [2.75, 3.05) is 13.1 Å². The number of ether oxygens (including phenoxy) is 1. The van der Waals surface area contributed by atoms with Crippen molar-refractivity contribution in [3.63, 3.8) is 0 Å². The van der Waals surface area contributed by atoms with Crippen LogP contribution in [0.3, 0.4) is 0 Å². The number of hydrogen-bond acceptors (Lipinski definition) is 7. The van der Waals surface area contributed by atoms with Gasteiger partial charge in [0.25, 0.3) is 5.56 Å². The van der Waals surface area contributed by atoms with Gasteiger partial charge in [-0.05, 0) is 64.3 Å². The van der Waals surface area contributed by atoms with Crippen LogP contribution in [0.15, 0.2) is 59.7 Å². The van der Waals surface area contributed by atoms with Crippen molar-refractivity contribution in [1.82, 2.24) is 24.3 Å². The van der Waals surface area contributed by atoms with Crippen LogP contribution in [0.5, 0.6) is 0 Å². The molecule has 1 aromatic carbocycles. The molecule has 0 radical (unpaired) electrons. The predicted octanol–water partition coefficient (Wildman–Crippen LogP) is 1.00. The molecule has 1 saturated heterocycles. The van der Waals surface area contributed by atoms with Gasteiger partial charge in [0.1, 0.15) is 17.2 Å². The van der Waals surface area contributed by atoms with Crippen molar-refractivity contribution in [2.24, 2.45) is 5.92 Å². The zero-order valence-electron chi connectivity index (χ0n) is 23.2. The Kier molecular flexibility index (Phi) is 7.35. The Balaban J connectivity index is 1.54. The molecule has 1 N–H and O–H groups in total. The first kappa shape index (κ1) is 27.4. The molecule has 2 aliphatic rings. The molecule has 1 fully saturated rings. The summed E-state index contributed by atoms with van der Waals surface area (Å²) in [6.45, 7) is 8.14. The van der Waals surface area contributed by atoms with E-state index in [1.165, 1.54) is 20.6 Å². The molecule has 1 amide bonds. The first-order valence-corrected chi connectivity index (χ1v) is 13.4. The third-order valence-corrected chi connectivity index (χ3v) is 7.15. The highest BCUT2D eigenvalue weighted by Crippen LogP contribution is 2.21. The van der Waals surface area contributed by atoms with Crippen LogP contribution in [0, 0.1) is 11.1 Å². The van der Waals surface area contributed by atoms with Gasteiger partial charge >= 0.3 is 6.09 Å². The molecule has 2 aliphatic heterocycles. The van der Waals surface area contributed by atoms with E-state index in [0.717, 1.165) is 5.56 Å². The number of likely N-dealkylation sites (tertiary alicyclic amines) is 1. The third kappa shape index (κ3) is 5.30. The summed E-state index contributed by atoms with van der Waals surface area (Å²) in [5.41, 5.74) is 0.837. The van der Waals surface area contributed by atoms with E-state index >= 15 is 0 Å². The normalized spacial score (nSPS) is 17.8. The largest absolute Gasteiger partial charge is 0.603 e. The first-order chi connectivity index (χ1) is 19.0. The second kappa shape index (κ2) is 10.7. The maximum absolute atomic E-state index is 14.1. The van der Waals surface area contributed by atoms with Crippen LogP contribution in [-0.2, 0) is 11.3 Å². The van der Waals surface area contributed by atoms with Gasteiger partial charge in [-0.3, -0.25) is 14.6 Å². The summed E-state index contributed by atoms with van der Waals surface area (Å²) in [7, 11) is 0. The zero-order valence-corrected chi connectivity index (χ0v) is 23.2. The number of pyridine rings is 1. The second-order valence-corrected chi connectivity index (χ2v) is 11.1. The number of benzene rings is 1. The molecule has 2 aromatic heterocycles. The fraction of sp³-hybridized carbons (Fsp3) is 0.379. The molecule has 0 aliphatic carbocycles. The van der Waals surface area contributed by atoms with Crippen LogP contribution >= 0.6 is 0 Å². The molecule has 0 bridgehead atoms. The molecule has 210 valence electrons. The molecule has 11 nitrogen and oxygen atoms in total. The van der Waals surface area contributed by atoms with E-state index in [9.17, 15) is 19.6 Å². The highest BCUT2D eigenvalue weighted by atomic mass is 16.6. The van der Waals surface area contributed by atoms with Crippen LogP contribution in [0.25, 0.3) is 17.6 Å². The van der Waals surface area contributed by atoms with Gasteiger partial charge in [0.05, 0.1) is 23.1 Å². The Labute approximate surface area is 231 Å². The van der Waals surface area contributed by atoms with Gasteiger partial charge in [-0.2, -0.15) is 0 Å². The molecular weight excluding hydrogens is 512 g/mol. The molecule has 5 rings (SSSR count). The summed E-state index contributed by atoms with van der Waals surface area (Å²) in [6.07, 6.45) is 5.13. The van der Waals surface area contributed by atoms with Crippen molar-refractivity contribution < 1.29 is 19.5 Å². The standard InChI is InChI=1S/C29H34N6O5/c1-20-25-24(19-33(39)32(20)18-21-9-8-14-30-17-21)35(34(27(25)37)23-10-6-5-7-11-23)26(36)22-12-15-31(16-13-22)28(38)40-29(2,3)4/h5-11,14,17,19,22,33H,12-13,15-16,18H2,1-4H3. The number of rotatable bonds is 4. The summed E-state index contributed by atoms with van der Waals surface area (Å²) in [6, 6.07) is 12.6. The van der Waals surface area contributed by atoms with Crippen LogP contribution in [-0.4, -0.2) is 54.9 Å². The van der Waals surface area contributed by atoms with Gasteiger partial charge in [0.2, 0.25) is 5.91 Å². The van der Waals surface area contributed by atoms with Gasteiger partial charge in [-0.25, -0.2) is 24.3 Å². The average Bonchev–Trinajstić information content (AvgIpc) is 3.22. The molecule has 40 heavy (non-hydrogen) atoms. The topological polar surface area (TPSA) is 117 Å². The zero-order chi connectivity index (χ0) is 28.6. The van der Waals surface area contributed by atoms with Crippen molar-refractivity contribution in [3.05, 3.63) is 86.6 Å². The Hall–Kier alpha value is -4.22. The van der Waals surface area contributed by atoms with E-state index in [1.54, 1.807) is 54.5 Å². The number of carbonyl (C=O) groups is 2. The lowest BCUT2D eigenvalue weighted by Gasteiger charge is -2.35. The Morgan fingerprint density at radius 3 is 2.42 bits per heavy atom. The monoisotopic (exact) mass is 546 g/mol. The van der Waals surface area contributed by atoms with E-state index < -0.39 is 17.6 Å². The van der Waals surface area contributed by atoms with Crippen LogP contribution < -0.4 is 21.3 Å². The quantitative estimate of drug-likeness (QED) is 0.486. The van der Waals surface area contributed by atoms with Gasteiger partial charge < -0.3 is 14.8 Å². The Bertz CT molecular complexity index is 1580. The summed E-state index contributed by atoms with van der Waals surface area (Å²) < 4.78 is 8.19. The number of carbonyl (C=O) groups excluding carboxylic acids is 2. The molecule has 1 atom stereocenters. The number of para-hydroxylation sites is 1. The molecule has 4 heterocycles. The predicted molar refractivity (Wildman–Crippen MR) is 148 cm³/mol. The Morgan fingerprint density at radius 2 is 1.80 bits per heavy atom. The highest BCUT2D eigenvalue weighted by Gasteiger charge is 2.34. The molecule has 1 unspecified atom stereocenters. The number of nitrogens with zero attached hydrogens (tertiary/aromatic N) is 5. The number of fused-ring (bicyclic) bond motifs is 1. The second-order valence-electron chi connectivity index (χ2n) is 11.1. The molecule has 11 heteroatoms. The number of nitrogens with one attached hydrogen (secondary N) is 1. The summed E-state index contributed by atoms with van der Waals surface area (Å²) in [5, 5.41) is 15.1. The number of aromatic nitrogens is 3. The van der Waals surface area contributed by atoms with Crippen LogP contribution in [0.4, 0.5) is 4.79 Å². The number of hydrogen-bond donors (Lipinski definition) is 1. The lowest BCUT2D eigenvalue weighted by molar-refractivity contribution is -0.888. The number of quaternary nitrogens is 1. The maximum Gasteiger partial charge on any atom is 0.410 e. The summed E-state index contributed by atoms with van der Waals surface area (Å²) in [5.74, 6) is -0.731. The van der Waals surface area contributed by atoms with E-state index in [2.05, 4.69) is 4.98 Å². The number of piperidine rings is 1. The smallest absolute Gasteiger partial charge is 0.410 e. The maximum atomic E-state index is 14.1. The van der Waals surface area contributed by atoms with Gasteiger partial charge in [-0.15, -0.1) is 0 Å². The molecular formula is C29H34N6O5. The Morgan fingerprint density at radius 1 is 1.10 bits per heavy atom. The van der Waals surface area contributed by atoms with E-state index in [1.807, 2.05) is 32.9 Å². The molecule has 0 saturated carbocycles. The number of amides is 1. The molecule has 3 aromatic rings. The number of hydroxylamine groups is 1. The fourth-order valence-electron chi connectivity index (χ4n) is 5.19. The minimum atomic E-state index is -0.610. The van der Waals surface area contributed by atoms with Gasteiger partial charge in [0, 0.05) is 31.4 Å². The van der Waals surface area contributed by atoms with Crippen molar-refractivity contribution in [2.45, 2.75) is 52.7 Å². The SMILES string of the molecule is CC1=c2c(n(C(=O)C3CCN(C(=O)OC(C)(C)C)CC3)n(-c3ccccc3)c2=O)=C[NH+]([O-])N1Cc1cccnc1. The highest BCUT2D eigenvalue weighted by molar-refractivity contribution is 5.82. The lowest BCUT2D eigenvalue weighted by atomic mass is 9.96. The van der Waals surface area contributed by atoms with Crippen LogP contribution in [0.1, 0.15) is 50.9 Å². The van der Waals surface area contributed by atoms with Crippen LogP contribution in [0.2, 0.25) is 0 Å². The van der Waals surface area contributed by atoms with E-state index in [-0.39, 0.29) is 28.5 Å². The third-order valence-electron chi connectivity index (χ3n) is 7.15. The van der Waals surface area contributed by atoms with E-state index in [0.29, 0.717) is 42.5 Å². The van der Waals surface area contributed by atoms with E-state index in [4.69, 9.17) is 4.74 Å². The van der Waals surface area contributed by atoms with Gasteiger partial charge in [-0.1, -0.05) is 24.3 Å². The summed E-state index contributed by atoms with van der Waals surface area (Å²) in [4.78, 5) is 46.3. The minimum absolute atomic E-state index is 0.251. The van der Waals surface area contributed by atoms with Crippen molar-refractivity contribution in [1.29, 1.82) is 0 Å². The van der Waals surface area contributed by atoms with Gasteiger partial charge in [0.15, 0.2) is 0 Å². The van der Waals surface area contributed by atoms with Crippen molar-refractivity contribution >= 4 is 23.9 Å². The lowest BCUT2D eigenvalue weighted by Crippen LogP contribution is -3.10. The van der Waals surface area contributed by atoms with Crippen molar-refractivity contribution in [3.8, 4) is 5.69 Å². The first-order valence-electron chi connectivity index (χ1n) is 13.4. The fourth-order valence-corrected chi connectivity index (χ4v) is 5.19. The molecule has 0 spiro atoms. The summed E-state index contributed by atoms with van der Waals surface area (Å²) >= 11 is 0. The average molecular weight is 547 g/mol.